The third-order valence-corrected chi connectivity index (χ3v) is 8.64. The van der Waals surface area contributed by atoms with Crippen LogP contribution in [-0.4, -0.2) is 57.6 Å². The van der Waals surface area contributed by atoms with Crippen molar-refractivity contribution in [1.82, 2.24) is 15.2 Å². The van der Waals surface area contributed by atoms with Gasteiger partial charge < -0.3 is 15.2 Å². The molecule has 0 unspecified atom stereocenters. The monoisotopic (exact) mass is 616 g/mol. The van der Waals surface area contributed by atoms with Crippen LogP contribution in [0.4, 0.5) is 5.69 Å². The Labute approximate surface area is 263 Å². The van der Waals surface area contributed by atoms with Crippen LogP contribution in [0.25, 0.3) is 22.2 Å². The van der Waals surface area contributed by atoms with E-state index in [0.717, 1.165) is 61.6 Å². The number of rotatable bonds is 14. The molecule has 3 aromatic carbocycles. The molecular formula is C36H48N4O3S. The number of nitrogens with one attached hydrogen (secondary N) is 3. The molecule has 0 spiro atoms. The summed E-state index contributed by atoms with van der Waals surface area (Å²) in [6.07, 6.45) is 5.02. The van der Waals surface area contributed by atoms with Gasteiger partial charge in [-0.1, -0.05) is 45.9 Å². The number of aryl methyl sites for hydroxylation is 1. The number of hydrogen-bond donors (Lipinski definition) is 3. The highest BCUT2D eigenvalue weighted by atomic mass is 32.2. The minimum atomic E-state index is -3.26. The van der Waals surface area contributed by atoms with E-state index in [-0.39, 0.29) is 5.91 Å². The summed E-state index contributed by atoms with van der Waals surface area (Å²) in [5.74, 6) is 0.852. The molecule has 44 heavy (non-hydrogen) atoms. The average Bonchev–Trinajstić information content (AvgIpc) is 3.33. The van der Waals surface area contributed by atoms with Gasteiger partial charge in [-0.3, -0.25) is 9.52 Å². The van der Waals surface area contributed by atoms with Gasteiger partial charge in [-0.25, -0.2) is 8.42 Å². The van der Waals surface area contributed by atoms with E-state index in [1.807, 2.05) is 42.5 Å². The fraction of sp³-hybridized carbons (Fsp3) is 0.417. The minimum absolute atomic E-state index is 0.00363. The van der Waals surface area contributed by atoms with Crippen molar-refractivity contribution in [3.8, 4) is 11.3 Å². The zero-order valence-corrected chi connectivity index (χ0v) is 28.1. The first-order chi connectivity index (χ1) is 20.8. The van der Waals surface area contributed by atoms with Crippen LogP contribution in [0.1, 0.15) is 85.0 Å². The molecule has 0 saturated carbocycles. The van der Waals surface area contributed by atoms with Crippen LogP contribution in [-0.2, 0) is 22.9 Å². The van der Waals surface area contributed by atoms with Crippen LogP contribution in [0.2, 0.25) is 0 Å². The number of unbranched alkanes of at least 4 members (excludes halogenated alkanes) is 1. The van der Waals surface area contributed by atoms with E-state index in [2.05, 4.69) is 60.9 Å². The quantitative estimate of drug-likeness (QED) is 0.130. The molecule has 0 bridgehead atoms. The summed E-state index contributed by atoms with van der Waals surface area (Å²) >= 11 is 0. The number of nitrogens with zero attached hydrogens (tertiary/aromatic N) is 1. The molecule has 0 aliphatic rings. The van der Waals surface area contributed by atoms with Crippen molar-refractivity contribution in [1.29, 1.82) is 0 Å². The standard InChI is InChI=1S/C36H48N4O3S/c1-24(2)28-20-29(25(3)4)22-30(21-28)35-32(33-23-27(36(41)40(5)6)13-16-34(33)38-35)17-19-37-18-9-8-10-26-11-14-31(15-12-26)39-44(7,42)43/h11-16,20-25,37-39H,8-10,17-19H2,1-7H3. The smallest absolute Gasteiger partial charge is 0.253 e. The lowest BCUT2D eigenvalue weighted by atomic mass is 9.91. The summed E-state index contributed by atoms with van der Waals surface area (Å²) in [5.41, 5.74) is 9.75. The number of hydrogen-bond acceptors (Lipinski definition) is 4. The second kappa shape index (κ2) is 14.4. The van der Waals surface area contributed by atoms with Gasteiger partial charge in [-0.05, 0) is 121 Å². The van der Waals surface area contributed by atoms with E-state index < -0.39 is 10.0 Å². The molecule has 236 valence electrons. The maximum Gasteiger partial charge on any atom is 0.253 e. The number of fused-ring (bicyclic) bond motifs is 1. The van der Waals surface area contributed by atoms with Gasteiger partial charge >= 0.3 is 0 Å². The first kappa shape index (κ1) is 33.3. The highest BCUT2D eigenvalue weighted by Gasteiger charge is 2.18. The van der Waals surface area contributed by atoms with Crippen LogP contribution in [0.5, 0.6) is 0 Å². The van der Waals surface area contributed by atoms with E-state index in [4.69, 9.17) is 0 Å². The molecule has 7 nitrogen and oxygen atoms in total. The Morgan fingerprint density at radius 1 is 0.841 bits per heavy atom. The molecule has 0 aliphatic carbocycles. The molecule has 0 aliphatic heterocycles. The normalized spacial score (nSPS) is 11.9. The summed E-state index contributed by atoms with van der Waals surface area (Å²) in [6, 6.07) is 20.5. The number of H-pyrrole nitrogens is 1. The van der Waals surface area contributed by atoms with Crippen molar-refractivity contribution in [3.05, 3.63) is 88.5 Å². The van der Waals surface area contributed by atoms with Crippen LogP contribution in [0, 0.1) is 0 Å². The number of amides is 1. The summed E-state index contributed by atoms with van der Waals surface area (Å²) < 4.78 is 25.3. The molecule has 8 heteroatoms. The Morgan fingerprint density at radius 2 is 1.50 bits per heavy atom. The first-order valence-corrected chi connectivity index (χ1v) is 17.5. The van der Waals surface area contributed by atoms with Crippen molar-refractivity contribution in [2.45, 2.75) is 65.2 Å². The van der Waals surface area contributed by atoms with E-state index in [0.29, 0.717) is 23.1 Å². The summed E-state index contributed by atoms with van der Waals surface area (Å²) in [6.45, 7) is 10.7. The zero-order chi connectivity index (χ0) is 32.0. The second-order valence-corrected chi connectivity index (χ2v) is 14.4. The number of carbonyl (C=O) groups excluding carboxylic acids is 1. The Morgan fingerprint density at radius 3 is 2.09 bits per heavy atom. The van der Waals surface area contributed by atoms with Gasteiger partial charge in [-0.2, -0.15) is 0 Å². The predicted molar refractivity (Wildman–Crippen MR) is 184 cm³/mol. The summed E-state index contributed by atoms with van der Waals surface area (Å²) in [7, 11) is 0.311. The fourth-order valence-electron chi connectivity index (χ4n) is 5.50. The van der Waals surface area contributed by atoms with Crippen LogP contribution >= 0.6 is 0 Å². The lowest BCUT2D eigenvalue weighted by molar-refractivity contribution is 0.0827. The maximum atomic E-state index is 12.8. The number of sulfonamides is 1. The highest BCUT2D eigenvalue weighted by Crippen LogP contribution is 2.35. The summed E-state index contributed by atoms with van der Waals surface area (Å²) in [4.78, 5) is 18.2. The Kier molecular flexibility index (Phi) is 10.9. The molecule has 4 rings (SSSR count). The van der Waals surface area contributed by atoms with Crippen LogP contribution in [0.3, 0.4) is 0 Å². The molecule has 0 atom stereocenters. The molecule has 3 N–H and O–H groups in total. The topological polar surface area (TPSA) is 94.3 Å². The van der Waals surface area contributed by atoms with Crippen molar-refractivity contribution in [2.75, 3.05) is 38.2 Å². The van der Waals surface area contributed by atoms with Crippen LogP contribution < -0.4 is 10.0 Å². The second-order valence-electron chi connectivity index (χ2n) is 12.7. The third-order valence-electron chi connectivity index (χ3n) is 8.04. The lowest BCUT2D eigenvalue weighted by Crippen LogP contribution is -2.21. The molecule has 1 heterocycles. The highest BCUT2D eigenvalue weighted by molar-refractivity contribution is 7.92. The van der Waals surface area contributed by atoms with Crippen molar-refractivity contribution in [3.63, 3.8) is 0 Å². The van der Waals surface area contributed by atoms with E-state index in [1.54, 1.807) is 19.0 Å². The van der Waals surface area contributed by atoms with Gasteiger partial charge in [0.15, 0.2) is 0 Å². The van der Waals surface area contributed by atoms with Gasteiger partial charge in [0.05, 0.1) is 6.26 Å². The molecule has 0 radical (unpaired) electrons. The van der Waals surface area contributed by atoms with Gasteiger partial charge in [-0.15, -0.1) is 0 Å². The number of anilines is 1. The van der Waals surface area contributed by atoms with Gasteiger partial charge in [0.1, 0.15) is 0 Å². The van der Waals surface area contributed by atoms with E-state index >= 15 is 0 Å². The first-order valence-electron chi connectivity index (χ1n) is 15.6. The molecule has 4 aromatic rings. The predicted octanol–water partition coefficient (Wildman–Crippen LogP) is 7.31. The SMILES string of the molecule is CC(C)c1cc(-c2[nH]c3ccc(C(=O)N(C)C)cc3c2CCNCCCCc2ccc(NS(C)(=O)=O)cc2)cc(C(C)C)c1. The molecule has 1 amide bonds. The zero-order valence-electron chi connectivity index (χ0n) is 27.3. The minimum Gasteiger partial charge on any atom is -0.354 e. The number of carbonyl (C=O) groups is 1. The maximum absolute atomic E-state index is 12.8. The van der Waals surface area contributed by atoms with E-state index in [1.165, 1.54) is 27.8 Å². The molecule has 0 fully saturated rings. The average molecular weight is 617 g/mol. The molecule has 1 aromatic heterocycles. The Hall–Kier alpha value is -3.62. The van der Waals surface area contributed by atoms with Gasteiger partial charge in [0.25, 0.3) is 5.91 Å². The molecular weight excluding hydrogens is 568 g/mol. The molecule has 0 saturated heterocycles. The van der Waals surface area contributed by atoms with Gasteiger partial charge in [0.2, 0.25) is 10.0 Å². The van der Waals surface area contributed by atoms with Crippen molar-refractivity contribution in [2.24, 2.45) is 0 Å². The van der Waals surface area contributed by atoms with E-state index in [9.17, 15) is 13.2 Å². The Balaban J connectivity index is 1.48. The largest absolute Gasteiger partial charge is 0.354 e. The van der Waals surface area contributed by atoms with Crippen molar-refractivity contribution >= 4 is 32.5 Å². The Bertz CT molecular complexity index is 1660. The number of aromatic amines is 1. The number of benzene rings is 3. The van der Waals surface area contributed by atoms with Gasteiger partial charge in [0, 0.05) is 41.9 Å². The fourth-order valence-corrected chi connectivity index (χ4v) is 6.07. The summed E-state index contributed by atoms with van der Waals surface area (Å²) in [5, 5.41) is 4.74. The van der Waals surface area contributed by atoms with Crippen molar-refractivity contribution < 1.29 is 13.2 Å². The third kappa shape index (κ3) is 8.73. The number of aromatic nitrogens is 1. The van der Waals surface area contributed by atoms with Crippen LogP contribution in [0.15, 0.2) is 60.7 Å². The lowest BCUT2D eigenvalue weighted by Gasteiger charge is -2.15.